The quantitative estimate of drug-likeness (QED) is 0.684. The molecule has 1 aliphatic rings. The van der Waals surface area contributed by atoms with Gasteiger partial charge in [0.2, 0.25) is 5.91 Å². The van der Waals surface area contributed by atoms with Gasteiger partial charge in [-0.05, 0) is 37.0 Å². The van der Waals surface area contributed by atoms with E-state index in [1.165, 1.54) is 0 Å². The fraction of sp³-hybridized carbons (Fsp3) is 0.238. The van der Waals surface area contributed by atoms with Crippen LogP contribution in [0.25, 0.3) is 10.8 Å². The Morgan fingerprint density at radius 2 is 1.96 bits per heavy atom. The summed E-state index contributed by atoms with van der Waals surface area (Å²) in [6, 6.07) is 5.45. The summed E-state index contributed by atoms with van der Waals surface area (Å²) in [5.74, 6) is 8.20. The lowest BCUT2D eigenvalue weighted by Gasteiger charge is -2.09. The molecule has 7 heteroatoms. The number of carbonyl (C=O) groups is 1. The van der Waals surface area contributed by atoms with Gasteiger partial charge in [0.15, 0.2) is 0 Å². The lowest BCUT2D eigenvalue weighted by Crippen LogP contribution is -2.14. The van der Waals surface area contributed by atoms with Crippen molar-refractivity contribution in [2.75, 3.05) is 24.8 Å². The maximum atomic E-state index is 12.1. The van der Waals surface area contributed by atoms with Crippen molar-refractivity contribution in [3.8, 4) is 17.6 Å². The second-order valence-electron chi connectivity index (χ2n) is 6.48. The van der Waals surface area contributed by atoms with Crippen LogP contribution in [0.2, 0.25) is 0 Å². The summed E-state index contributed by atoms with van der Waals surface area (Å²) in [5, 5.41) is 7.64. The summed E-state index contributed by atoms with van der Waals surface area (Å²) in [4.78, 5) is 25.1. The molecule has 28 heavy (non-hydrogen) atoms. The molecule has 0 atom stereocenters. The van der Waals surface area contributed by atoms with E-state index in [9.17, 15) is 4.79 Å². The molecular weight excluding hydrogens is 354 g/mol. The minimum Gasteiger partial charge on any atom is -0.495 e. The van der Waals surface area contributed by atoms with Crippen molar-refractivity contribution >= 4 is 28.3 Å². The molecule has 0 aromatic carbocycles. The van der Waals surface area contributed by atoms with Crippen LogP contribution in [0.15, 0.2) is 36.8 Å². The molecule has 0 radical (unpaired) electrons. The molecule has 1 amide bonds. The highest BCUT2D eigenvalue weighted by molar-refractivity contribution is 5.99. The first kappa shape index (κ1) is 17.7. The van der Waals surface area contributed by atoms with E-state index in [1.54, 1.807) is 38.8 Å². The Balaban J connectivity index is 1.71. The highest BCUT2D eigenvalue weighted by atomic mass is 16.5. The van der Waals surface area contributed by atoms with E-state index in [0.29, 0.717) is 23.1 Å². The van der Waals surface area contributed by atoms with E-state index < -0.39 is 0 Å². The smallest absolute Gasteiger partial charge is 0.228 e. The van der Waals surface area contributed by atoms with E-state index in [1.807, 2.05) is 12.1 Å². The van der Waals surface area contributed by atoms with Crippen LogP contribution in [0, 0.1) is 17.8 Å². The average Bonchev–Trinajstić information content (AvgIpc) is 3.58. The molecule has 2 N–H and O–H groups in total. The molecule has 4 rings (SSSR count). The molecular formula is C21H19N5O2. The fourth-order valence-electron chi connectivity index (χ4n) is 2.78. The van der Waals surface area contributed by atoms with Gasteiger partial charge in [-0.15, -0.1) is 0 Å². The van der Waals surface area contributed by atoms with E-state index in [-0.39, 0.29) is 11.8 Å². The standard InChI is InChI=1S/C21H19N5O2/c1-22-20-18-12-24-19(26-21(27)13-3-4-13)9-17(18)14(10-25-20)5-6-15-7-8-16(28-2)11-23-15/h7-13H,3-4H2,1-2H3,(H,22,25)(H,24,26,27). The van der Waals surface area contributed by atoms with Gasteiger partial charge >= 0.3 is 0 Å². The van der Waals surface area contributed by atoms with Crippen LogP contribution in [0.5, 0.6) is 5.75 Å². The number of methoxy groups -OCH3 is 1. The molecule has 3 aromatic rings. The molecule has 3 heterocycles. The van der Waals surface area contributed by atoms with Gasteiger partial charge in [-0.25, -0.2) is 15.0 Å². The molecule has 140 valence electrons. The molecule has 1 fully saturated rings. The number of hydrogen-bond acceptors (Lipinski definition) is 6. The minimum atomic E-state index is 0.0183. The number of carbonyl (C=O) groups excluding carboxylic acids is 1. The van der Waals surface area contributed by atoms with Crippen molar-refractivity contribution in [1.29, 1.82) is 0 Å². The Morgan fingerprint density at radius 1 is 1.11 bits per heavy atom. The Kier molecular flexibility index (Phi) is 4.77. The van der Waals surface area contributed by atoms with Crippen LogP contribution in [0.3, 0.4) is 0 Å². The van der Waals surface area contributed by atoms with Crippen LogP contribution >= 0.6 is 0 Å². The lowest BCUT2D eigenvalue weighted by molar-refractivity contribution is -0.117. The summed E-state index contributed by atoms with van der Waals surface area (Å²) in [6.45, 7) is 0. The number of aromatic nitrogens is 3. The van der Waals surface area contributed by atoms with Gasteiger partial charge in [0, 0.05) is 36.1 Å². The Labute approximate surface area is 162 Å². The van der Waals surface area contributed by atoms with Crippen LogP contribution in [-0.4, -0.2) is 35.0 Å². The summed E-state index contributed by atoms with van der Waals surface area (Å²) in [6.07, 6.45) is 6.92. The molecule has 0 unspecified atom stereocenters. The SMILES string of the molecule is CNc1ncc(C#Cc2ccc(OC)cn2)c2cc(NC(=O)C3CC3)ncc12. The van der Waals surface area contributed by atoms with Crippen molar-refractivity contribution in [2.45, 2.75) is 12.8 Å². The second kappa shape index (κ2) is 7.53. The molecule has 1 aliphatic carbocycles. The number of rotatable bonds is 4. The Bertz CT molecular complexity index is 1100. The number of nitrogens with zero attached hydrogens (tertiary/aromatic N) is 3. The van der Waals surface area contributed by atoms with E-state index in [4.69, 9.17) is 4.74 Å². The second-order valence-corrected chi connectivity index (χ2v) is 6.48. The van der Waals surface area contributed by atoms with Gasteiger partial charge in [-0.3, -0.25) is 4.79 Å². The first-order valence-electron chi connectivity index (χ1n) is 8.97. The van der Waals surface area contributed by atoms with Gasteiger partial charge in [0.05, 0.1) is 18.9 Å². The zero-order valence-corrected chi connectivity index (χ0v) is 15.6. The Hall–Kier alpha value is -3.66. The van der Waals surface area contributed by atoms with Gasteiger partial charge in [-0.2, -0.15) is 0 Å². The maximum absolute atomic E-state index is 12.1. The van der Waals surface area contributed by atoms with Crippen LogP contribution in [0.1, 0.15) is 24.1 Å². The summed E-state index contributed by atoms with van der Waals surface area (Å²) < 4.78 is 5.11. The predicted molar refractivity (Wildman–Crippen MR) is 107 cm³/mol. The molecule has 1 saturated carbocycles. The zero-order chi connectivity index (χ0) is 19.5. The third kappa shape index (κ3) is 3.71. The van der Waals surface area contributed by atoms with Crippen molar-refractivity contribution in [2.24, 2.45) is 5.92 Å². The van der Waals surface area contributed by atoms with E-state index >= 15 is 0 Å². The number of amides is 1. The largest absolute Gasteiger partial charge is 0.495 e. The third-order valence-electron chi connectivity index (χ3n) is 4.51. The molecule has 3 aromatic heterocycles. The summed E-state index contributed by atoms with van der Waals surface area (Å²) >= 11 is 0. The van der Waals surface area contributed by atoms with Gasteiger partial charge in [-0.1, -0.05) is 5.92 Å². The molecule has 0 spiro atoms. The van der Waals surface area contributed by atoms with Crippen LogP contribution < -0.4 is 15.4 Å². The minimum absolute atomic E-state index is 0.0183. The molecule has 7 nitrogen and oxygen atoms in total. The van der Waals surface area contributed by atoms with E-state index in [0.717, 1.165) is 29.2 Å². The summed E-state index contributed by atoms with van der Waals surface area (Å²) in [5.41, 5.74) is 1.36. The average molecular weight is 373 g/mol. The number of pyridine rings is 3. The maximum Gasteiger partial charge on any atom is 0.228 e. The topological polar surface area (TPSA) is 89.0 Å². The van der Waals surface area contributed by atoms with Gasteiger partial charge < -0.3 is 15.4 Å². The van der Waals surface area contributed by atoms with Crippen molar-refractivity contribution < 1.29 is 9.53 Å². The van der Waals surface area contributed by atoms with E-state index in [2.05, 4.69) is 37.4 Å². The van der Waals surface area contributed by atoms with Crippen molar-refractivity contribution in [3.63, 3.8) is 0 Å². The van der Waals surface area contributed by atoms with Crippen molar-refractivity contribution in [3.05, 3.63) is 48.0 Å². The highest BCUT2D eigenvalue weighted by Gasteiger charge is 2.29. The van der Waals surface area contributed by atoms with Crippen LogP contribution in [-0.2, 0) is 4.79 Å². The number of hydrogen-bond donors (Lipinski definition) is 2. The van der Waals surface area contributed by atoms with Gasteiger partial charge in [0.1, 0.15) is 23.1 Å². The third-order valence-corrected chi connectivity index (χ3v) is 4.51. The number of nitrogens with one attached hydrogen (secondary N) is 2. The monoisotopic (exact) mass is 373 g/mol. The van der Waals surface area contributed by atoms with Gasteiger partial charge in [0.25, 0.3) is 0 Å². The molecule has 0 bridgehead atoms. The summed E-state index contributed by atoms with van der Waals surface area (Å²) in [7, 11) is 3.40. The molecule has 0 aliphatic heterocycles. The van der Waals surface area contributed by atoms with Crippen LogP contribution in [0.4, 0.5) is 11.6 Å². The Morgan fingerprint density at radius 3 is 2.64 bits per heavy atom. The lowest BCUT2D eigenvalue weighted by atomic mass is 10.1. The first-order valence-corrected chi connectivity index (χ1v) is 8.97. The predicted octanol–water partition coefficient (Wildman–Crippen LogP) is 2.82. The number of fused-ring (bicyclic) bond motifs is 1. The fourth-order valence-corrected chi connectivity index (χ4v) is 2.78. The zero-order valence-electron chi connectivity index (χ0n) is 15.6. The number of ether oxygens (including phenoxy) is 1. The van der Waals surface area contributed by atoms with Crippen molar-refractivity contribution in [1.82, 2.24) is 15.0 Å². The number of anilines is 2. The first-order chi connectivity index (χ1) is 13.7. The normalized spacial score (nSPS) is 12.8. The highest BCUT2D eigenvalue weighted by Crippen LogP contribution is 2.31. The molecule has 0 saturated heterocycles.